The van der Waals surface area contributed by atoms with Crippen LogP contribution < -0.4 is 15.8 Å². The monoisotopic (exact) mass is 388 g/mol. The molecule has 6 nitrogen and oxygen atoms in total. The number of methoxy groups -OCH3 is 1. The normalized spacial score (nSPS) is 12.1. The van der Waals surface area contributed by atoms with E-state index >= 15 is 0 Å². The van der Waals surface area contributed by atoms with E-state index in [0.29, 0.717) is 5.69 Å². The molecule has 0 unspecified atom stereocenters. The average molecular weight is 388 g/mol. The third-order valence-corrected chi connectivity index (χ3v) is 5.18. The molecule has 0 saturated heterocycles. The number of ether oxygens (including phenoxy) is 1. The van der Waals surface area contributed by atoms with E-state index in [2.05, 4.69) is 34.5 Å². The second-order valence-corrected chi connectivity index (χ2v) is 7.13. The Labute approximate surface area is 169 Å². The maximum Gasteiger partial charge on any atom is 0.141 e. The third kappa shape index (κ3) is 3.38. The summed E-state index contributed by atoms with van der Waals surface area (Å²) in [5.41, 5.74) is 12.4. The molecule has 0 radical (unpaired) electrons. The molecule has 2 aromatic carbocycles. The lowest BCUT2D eigenvalue weighted by Crippen LogP contribution is -2.09. The summed E-state index contributed by atoms with van der Waals surface area (Å²) in [7, 11) is 1.66. The predicted octanol–water partition coefficient (Wildman–Crippen LogP) is 5.27. The Hall–Kier alpha value is -3.54. The van der Waals surface area contributed by atoms with Crippen molar-refractivity contribution < 1.29 is 9.26 Å². The molecule has 0 aliphatic rings. The minimum absolute atomic E-state index is 0.0809. The van der Waals surface area contributed by atoms with Crippen molar-refractivity contribution in [3.05, 3.63) is 65.7 Å². The molecule has 29 heavy (non-hydrogen) atoms. The summed E-state index contributed by atoms with van der Waals surface area (Å²) in [6.45, 7) is 5.92. The summed E-state index contributed by atoms with van der Waals surface area (Å²) < 4.78 is 11.1. The van der Waals surface area contributed by atoms with Crippen LogP contribution in [0.5, 0.6) is 5.75 Å². The van der Waals surface area contributed by atoms with Gasteiger partial charge in [-0.3, -0.25) is 4.98 Å². The molecule has 1 atom stereocenters. The second kappa shape index (κ2) is 7.47. The number of hydrogen-bond donors (Lipinski definition) is 2. The van der Waals surface area contributed by atoms with E-state index < -0.39 is 0 Å². The fourth-order valence-electron chi connectivity index (χ4n) is 3.67. The lowest BCUT2D eigenvalue weighted by atomic mass is 9.99. The van der Waals surface area contributed by atoms with Crippen molar-refractivity contribution in [1.29, 1.82) is 0 Å². The van der Waals surface area contributed by atoms with Crippen LogP contribution >= 0.6 is 0 Å². The van der Waals surface area contributed by atoms with Gasteiger partial charge in [0.25, 0.3) is 0 Å². The van der Waals surface area contributed by atoms with Gasteiger partial charge in [0.2, 0.25) is 0 Å². The Morgan fingerprint density at radius 1 is 1.14 bits per heavy atom. The van der Waals surface area contributed by atoms with E-state index in [0.717, 1.165) is 44.9 Å². The number of aryl methyl sites for hydroxylation is 2. The van der Waals surface area contributed by atoms with Crippen molar-refractivity contribution in [3.8, 4) is 16.9 Å². The van der Waals surface area contributed by atoms with Gasteiger partial charge < -0.3 is 20.3 Å². The van der Waals surface area contributed by atoms with Crippen molar-refractivity contribution in [2.75, 3.05) is 18.2 Å². The lowest BCUT2D eigenvalue weighted by molar-refractivity contribution is 0.393. The first-order valence-corrected chi connectivity index (χ1v) is 9.50. The van der Waals surface area contributed by atoms with Crippen molar-refractivity contribution >= 4 is 22.3 Å². The lowest BCUT2D eigenvalue weighted by Gasteiger charge is -2.20. The molecule has 0 fully saturated rings. The number of nitrogens with zero attached hydrogens (tertiary/aromatic N) is 2. The number of anilines is 2. The van der Waals surface area contributed by atoms with Gasteiger partial charge in [0.15, 0.2) is 0 Å². The molecule has 0 spiro atoms. The molecule has 0 saturated carbocycles. The Kier molecular flexibility index (Phi) is 4.84. The Morgan fingerprint density at radius 2 is 1.90 bits per heavy atom. The zero-order chi connectivity index (χ0) is 20.5. The molecule has 2 aromatic heterocycles. The van der Waals surface area contributed by atoms with Crippen LogP contribution in [-0.4, -0.2) is 17.3 Å². The molecule has 0 bridgehead atoms. The summed E-state index contributed by atoms with van der Waals surface area (Å²) >= 11 is 0. The summed E-state index contributed by atoms with van der Waals surface area (Å²) in [5, 5.41) is 8.52. The Bertz CT molecular complexity index is 1150. The number of benzene rings is 2. The molecule has 0 aliphatic carbocycles. The molecule has 148 valence electrons. The highest BCUT2D eigenvalue weighted by Crippen LogP contribution is 2.40. The standard InChI is InChI=1S/C23H24N4O2/c1-13(16-8-6-5-7-9-16)26-23-17-11-21(28-4)18(10-20(17)25-12-19(23)24)22-14(2)27-29-15(22)3/h5-13H,24H2,1-4H3,(H,25,26)/t13-/m1/s1. The molecule has 4 aromatic rings. The quantitative estimate of drug-likeness (QED) is 0.484. The van der Waals surface area contributed by atoms with Gasteiger partial charge in [-0.2, -0.15) is 0 Å². The predicted molar refractivity (Wildman–Crippen MR) is 116 cm³/mol. The van der Waals surface area contributed by atoms with Gasteiger partial charge in [0.05, 0.1) is 41.5 Å². The van der Waals surface area contributed by atoms with Crippen LogP contribution in [0, 0.1) is 13.8 Å². The second-order valence-electron chi connectivity index (χ2n) is 7.13. The highest BCUT2D eigenvalue weighted by Gasteiger charge is 2.19. The smallest absolute Gasteiger partial charge is 0.141 e. The van der Waals surface area contributed by atoms with Crippen LogP contribution in [0.4, 0.5) is 11.4 Å². The number of aromatic nitrogens is 2. The van der Waals surface area contributed by atoms with Crippen LogP contribution in [0.15, 0.2) is 53.2 Å². The summed E-state index contributed by atoms with van der Waals surface area (Å²) in [4.78, 5) is 4.56. The molecule has 2 heterocycles. The van der Waals surface area contributed by atoms with Gasteiger partial charge in [-0.25, -0.2) is 0 Å². The van der Waals surface area contributed by atoms with Crippen molar-refractivity contribution in [3.63, 3.8) is 0 Å². The highest BCUT2D eigenvalue weighted by molar-refractivity contribution is 6.00. The highest BCUT2D eigenvalue weighted by atomic mass is 16.5. The van der Waals surface area contributed by atoms with Gasteiger partial charge >= 0.3 is 0 Å². The van der Waals surface area contributed by atoms with Crippen molar-refractivity contribution in [2.24, 2.45) is 0 Å². The van der Waals surface area contributed by atoms with Gasteiger partial charge in [0, 0.05) is 17.0 Å². The van der Waals surface area contributed by atoms with Crippen LogP contribution in [-0.2, 0) is 0 Å². The first-order valence-electron chi connectivity index (χ1n) is 9.50. The number of rotatable bonds is 5. The molecule has 3 N–H and O–H groups in total. The number of hydrogen-bond acceptors (Lipinski definition) is 6. The molecular weight excluding hydrogens is 364 g/mol. The summed E-state index contributed by atoms with van der Waals surface area (Å²) in [6.07, 6.45) is 1.69. The van der Waals surface area contributed by atoms with Crippen LogP contribution in [0.2, 0.25) is 0 Å². The van der Waals surface area contributed by atoms with Gasteiger partial charge in [0.1, 0.15) is 11.5 Å². The van der Waals surface area contributed by atoms with Crippen LogP contribution in [0.25, 0.3) is 22.0 Å². The number of pyridine rings is 1. The zero-order valence-corrected chi connectivity index (χ0v) is 17.0. The van der Waals surface area contributed by atoms with Gasteiger partial charge in [-0.05, 0) is 38.5 Å². The fraction of sp³-hybridized carbons (Fsp3) is 0.217. The maximum absolute atomic E-state index is 6.29. The number of fused-ring (bicyclic) bond motifs is 1. The van der Waals surface area contributed by atoms with E-state index in [9.17, 15) is 0 Å². The van der Waals surface area contributed by atoms with E-state index in [-0.39, 0.29) is 6.04 Å². The van der Waals surface area contributed by atoms with Crippen LogP contribution in [0.1, 0.15) is 30.0 Å². The van der Waals surface area contributed by atoms with E-state index in [1.54, 1.807) is 13.3 Å². The maximum atomic E-state index is 6.29. The van der Waals surface area contributed by atoms with Gasteiger partial charge in [-0.1, -0.05) is 35.5 Å². The fourth-order valence-corrected chi connectivity index (χ4v) is 3.67. The summed E-state index contributed by atoms with van der Waals surface area (Å²) in [5.74, 6) is 1.46. The number of nitrogens with one attached hydrogen (secondary N) is 1. The van der Waals surface area contributed by atoms with Crippen LogP contribution in [0.3, 0.4) is 0 Å². The molecule has 0 aliphatic heterocycles. The van der Waals surface area contributed by atoms with E-state index in [4.69, 9.17) is 15.0 Å². The third-order valence-electron chi connectivity index (χ3n) is 5.18. The zero-order valence-electron chi connectivity index (χ0n) is 17.0. The largest absolute Gasteiger partial charge is 0.496 e. The molecular formula is C23H24N4O2. The first-order chi connectivity index (χ1) is 14.0. The minimum atomic E-state index is 0.0809. The number of nitrogens with two attached hydrogens (primary N) is 1. The molecule has 6 heteroatoms. The molecule has 4 rings (SSSR count). The Balaban J connectivity index is 1.85. The minimum Gasteiger partial charge on any atom is -0.496 e. The van der Waals surface area contributed by atoms with E-state index in [1.165, 1.54) is 5.56 Å². The Morgan fingerprint density at radius 3 is 2.55 bits per heavy atom. The van der Waals surface area contributed by atoms with E-state index in [1.807, 2.05) is 44.2 Å². The van der Waals surface area contributed by atoms with Gasteiger partial charge in [-0.15, -0.1) is 0 Å². The molecule has 0 amide bonds. The van der Waals surface area contributed by atoms with Crippen molar-refractivity contribution in [2.45, 2.75) is 26.8 Å². The number of nitrogen functional groups attached to an aromatic ring is 1. The average Bonchev–Trinajstić information content (AvgIpc) is 3.07. The first kappa shape index (κ1) is 18.8. The topological polar surface area (TPSA) is 86.2 Å². The van der Waals surface area contributed by atoms with Crippen molar-refractivity contribution in [1.82, 2.24) is 10.1 Å². The SMILES string of the molecule is COc1cc2c(N[C@H](C)c3ccccc3)c(N)cnc2cc1-c1c(C)noc1C. The summed E-state index contributed by atoms with van der Waals surface area (Å²) in [6, 6.07) is 14.3.